The Kier molecular flexibility index (Phi) is 3.41. The van der Waals surface area contributed by atoms with Crippen molar-refractivity contribution < 1.29 is 4.74 Å². The molecule has 3 heterocycles. The van der Waals surface area contributed by atoms with E-state index >= 15 is 0 Å². The molecule has 3 N–H and O–H groups in total. The number of nitriles is 1. The Morgan fingerprint density at radius 2 is 2.12 bits per heavy atom. The maximum absolute atomic E-state index is 9.63. The maximum Gasteiger partial charge on any atom is 0.244 e. The van der Waals surface area contributed by atoms with Gasteiger partial charge in [0.2, 0.25) is 11.8 Å². The van der Waals surface area contributed by atoms with Crippen molar-refractivity contribution in [3.63, 3.8) is 0 Å². The molecule has 4 rings (SSSR count). The van der Waals surface area contributed by atoms with E-state index in [1.165, 1.54) is 0 Å². The zero-order valence-corrected chi connectivity index (χ0v) is 14.3. The van der Waals surface area contributed by atoms with Crippen LogP contribution in [0.5, 0.6) is 5.88 Å². The molecular weight excluding hydrogens is 338 g/mol. The summed E-state index contributed by atoms with van der Waals surface area (Å²) < 4.78 is 5.48. The van der Waals surface area contributed by atoms with Gasteiger partial charge in [-0.05, 0) is 31.5 Å². The average molecular weight is 352 g/mol. The van der Waals surface area contributed by atoms with Gasteiger partial charge in [0.15, 0.2) is 0 Å². The number of nitrogens with one attached hydrogen (secondary N) is 1. The molecule has 1 aliphatic heterocycles. The van der Waals surface area contributed by atoms with Gasteiger partial charge in [-0.3, -0.25) is 5.10 Å². The number of aryl methyl sites for hydroxylation is 2. The van der Waals surface area contributed by atoms with Crippen molar-refractivity contribution in [2.75, 3.05) is 0 Å². The van der Waals surface area contributed by atoms with E-state index in [1.54, 1.807) is 0 Å². The first-order valence-corrected chi connectivity index (χ1v) is 8.06. The van der Waals surface area contributed by atoms with Crippen molar-refractivity contribution in [3.05, 3.63) is 63.3 Å². The summed E-state index contributed by atoms with van der Waals surface area (Å²) in [6.07, 6.45) is 0. The summed E-state index contributed by atoms with van der Waals surface area (Å²) in [4.78, 5) is 4.51. The van der Waals surface area contributed by atoms with Gasteiger partial charge in [-0.1, -0.05) is 23.7 Å². The number of halogens is 1. The summed E-state index contributed by atoms with van der Waals surface area (Å²) in [5, 5.41) is 17.9. The molecule has 3 aromatic rings. The first-order chi connectivity index (χ1) is 12.0. The minimum atomic E-state index is -0.474. The topological polar surface area (TPSA) is 101 Å². The number of aromatic nitrogens is 3. The highest BCUT2D eigenvalue weighted by molar-refractivity contribution is 6.30. The number of allylic oxidation sites excluding steroid dienone is 1. The summed E-state index contributed by atoms with van der Waals surface area (Å²) in [6, 6.07) is 10.1. The number of benzene rings is 1. The third-order valence-electron chi connectivity index (χ3n) is 4.39. The van der Waals surface area contributed by atoms with Crippen LogP contribution in [0.3, 0.4) is 0 Å². The Morgan fingerprint density at radius 1 is 1.32 bits per heavy atom. The molecule has 0 fully saturated rings. The second-order valence-corrected chi connectivity index (χ2v) is 6.41. The Morgan fingerprint density at radius 3 is 2.88 bits per heavy atom. The van der Waals surface area contributed by atoms with E-state index in [-0.39, 0.29) is 5.88 Å². The van der Waals surface area contributed by atoms with Crippen LogP contribution < -0.4 is 10.5 Å². The monoisotopic (exact) mass is 351 g/mol. The third kappa shape index (κ3) is 2.32. The number of H-pyrrole nitrogens is 1. The molecule has 0 bridgehead atoms. The predicted molar refractivity (Wildman–Crippen MR) is 94.1 cm³/mol. The summed E-state index contributed by atoms with van der Waals surface area (Å²) in [5.41, 5.74) is 10.4. The van der Waals surface area contributed by atoms with Gasteiger partial charge in [0.05, 0.1) is 11.4 Å². The van der Waals surface area contributed by atoms with Gasteiger partial charge in [0.25, 0.3) is 0 Å². The number of nitrogens with zero attached hydrogens (tertiary/aromatic N) is 3. The highest BCUT2D eigenvalue weighted by Crippen LogP contribution is 2.44. The minimum absolute atomic E-state index is 0.0339. The molecule has 7 heteroatoms. The smallest absolute Gasteiger partial charge is 0.244 e. The quantitative estimate of drug-likeness (QED) is 0.654. The highest BCUT2D eigenvalue weighted by atomic mass is 35.5. The molecule has 0 saturated carbocycles. The van der Waals surface area contributed by atoms with Crippen molar-refractivity contribution in [2.24, 2.45) is 5.73 Å². The molecule has 1 aromatic carbocycles. The summed E-state index contributed by atoms with van der Waals surface area (Å²) >= 11 is 6.49. The molecule has 2 aromatic heterocycles. The molecule has 0 aliphatic carbocycles. The van der Waals surface area contributed by atoms with E-state index in [2.05, 4.69) is 21.3 Å². The molecule has 1 unspecified atom stereocenters. The first-order valence-electron chi connectivity index (χ1n) is 7.69. The van der Waals surface area contributed by atoms with Gasteiger partial charge in [0.1, 0.15) is 16.8 Å². The van der Waals surface area contributed by atoms with Crippen LogP contribution in [0, 0.1) is 25.2 Å². The fourth-order valence-electron chi connectivity index (χ4n) is 3.18. The Balaban J connectivity index is 2.01. The molecule has 0 radical (unpaired) electrons. The lowest BCUT2D eigenvalue weighted by molar-refractivity contribution is 0.379. The number of pyridine rings is 1. The zero-order chi connectivity index (χ0) is 17.7. The van der Waals surface area contributed by atoms with Crippen LogP contribution in [-0.2, 0) is 0 Å². The van der Waals surface area contributed by atoms with E-state index in [4.69, 9.17) is 22.1 Å². The van der Waals surface area contributed by atoms with E-state index in [1.807, 2.05) is 38.1 Å². The molecule has 25 heavy (non-hydrogen) atoms. The van der Waals surface area contributed by atoms with Crippen molar-refractivity contribution in [1.29, 1.82) is 5.26 Å². The predicted octanol–water partition coefficient (Wildman–Crippen LogP) is 3.45. The van der Waals surface area contributed by atoms with Gasteiger partial charge in [0, 0.05) is 22.2 Å². The molecule has 0 amide bonds. The fraction of sp³-hybridized carbons (Fsp3) is 0.167. The maximum atomic E-state index is 9.63. The highest BCUT2D eigenvalue weighted by Gasteiger charge is 2.35. The van der Waals surface area contributed by atoms with Crippen LogP contribution in [0.4, 0.5) is 0 Å². The molecule has 0 saturated heterocycles. The number of nitrogens with two attached hydrogens (primary N) is 1. The van der Waals surface area contributed by atoms with Crippen LogP contribution >= 0.6 is 11.6 Å². The number of fused-ring (bicyclic) bond motifs is 2. The van der Waals surface area contributed by atoms with E-state index in [0.29, 0.717) is 22.2 Å². The van der Waals surface area contributed by atoms with Crippen LogP contribution in [0.25, 0.3) is 10.9 Å². The lowest BCUT2D eigenvalue weighted by Crippen LogP contribution is -2.21. The Bertz CT molecular complexity index is 1090. The number of hydrogen-bond donors (Lipinski definition) is 2. The molecule has 6 nitrogen and oxygen atoms in total. The van der Waals surface area contributed by atoms with Gasteiger partial charge in [-0.25, -0.2) is 4.98 Å². The number of rotatable bonds is 1. The van der Waals surface area contributed by atoms with Crippen molar-refractivity contribution in [2.45, 2.75) is 19.8 Å². The molecule has 1 atom stereocenters. The van der Waals surface area contributed by atoms with Crippen LogP contribution in [0.15, 0.2) is 35.7 Å². The van der Waals surface area contributed by atoms with Gasteiger partial charge >= 0.3 is 0 Å². The summed E-state index contributed by atoms with van der Waals surface area (Å²) in [7, 11) is 0. The fourth-order valence-corrected chi connectivity index (χ4v) is 3.44. The van der Waals surface area contributed by atoms with Gasteiger partial charge in [-0.2, -0.15) is 5.26 Å². The number of aromatic amines is 1. The molecular formula is C18H14ClN5O. The SMILES string of the molecule is Cc1ccc2cc(C3C(C#N)=C(N)Oc4n[nH]c(C)c43)c(Cl)nc2c1. The summed E-state index contributed by atoms with van der Waals surface area (Å²) in [5.74, 6) is -0.0798. The number of hydrogen-bond acceptors (Lipinski definition) is 5. The Hall–Kier alpha value is -3.04. The van der Waals surface area contributed by atoms with Crippen molar-refractivity contribution >= 4 is 22.5 Å². The van der Waals surface area contributed by atoms with Crippen LogP contribution in [-0.4, -0.2) is 15.2 Å². The van der Waals surface area contributed by atoms with Crippen molar-refractivity contribution in [3.8, 4) is 11.9 Å². The second-order valence-electron chi connectivity index (χ2n) is 6.06. The van der Waals surface area contributed by atoms with Crippen LogP contribution in [0.2, 0.25) is 5.15 Å². The summed E-state index contributed by atoms with van der Waals surface area (Å²) in [6.45, 7) is 3.87. The minimum Gasteiger partial charge on any atom is -0.420 e. The molecule has 1 aliphatic rings. The zero-order valence-electron chi connectivity index (χ0n) is 13.6. The largest absolute Gasteiger partial charge is 0.420 e. The average Bonchev–Trinajstić information content (AvgIpc) is 2.93. The van der Waals surface area contributed by atoms with E-state index in [0.717, 1.165) is 27.7 Å². The molecule has 124 valence electrons. The third-order valence-corrected chi connectivity index (χ3v) is 4.70. The van der Waals surface area contributed by atoms with Gasteiger partial charge in [-0.15, -0.1) is 5.10 Å². The lowest BCUT2D eigenvalue weighted by Gasteiger charge is -2.24. The standard InChI is InChI=1S/C18H14ClN5O/c1-8-3-4-10-6-11(16(19)22-13(10)5-8)15-12(7-20)17(21)25-18-14(15)9(2)23-24-18/h3-6,15H,21H2,1-2H3,(H,23,24). The molecule has 0 spiro atoms. The normalized spacial score (nSPS) is 16.5. The van der Waals surface area contributed by atoms with Crippen LogP contribution in [0.1, 0.15) is 28.3 Å². The van der Waals surface area contributed by atoms with Crippen molar-refractivity contribution in [1.82, 2.24) is 15.2 Å². The number of ether oxygens (including phenoxy) is 1. The second kappa shape index (κ2) is 5.50. The van der Waals surface area contributed by atoms with E-state index in [9.17, 15) is 5.26 Å². The lowest BCUT2D eigenvalue weighted by atomic mass is 9.84. The Labute approximate surface area is 148 Å². The first kappa shape index (κ1) is 15.5. The van der Waals surface area contributed by atoms with E-state index < -0.39 is 5.92 Å². The van der Waals surface area contributed by atoms with Gasteiger partial charge < -0.3 is 10.5 Å².